The number of esters is 1. The molecule has 0 saturated heterocycles. The summed E-state index contributed by atoms with van der Waals surface area (Å²) in [5.74, 6) is 1.21. The third kappa shape index (κ3) is 5.86. The van der Waals surface area contributed by atoms with Crippen LogP contribution in [-0.4, -0.2) is 31.4 Å². The van der Waals surface area contributed by atoms with E-state index in [9.17, 15) is 9.59 Å². The number of aromatic nitrogens is 1. The van der Waals surface area contributed by atoms with Crippen molar-refractivity contribution in [3.8, 4) is 17.2 Å². The molecule has 5 aromatic rings. The van der Waals surface area contributed by atoms with E-state index in [1.165, 1.54) is 18.4 Å². The van der Waals surface area contributed by atoms with Crippen molar-refractivity contribution in [2.75, 3.05) is 20.8 Å². The predicted molar refractivity (Wildman–Crippen MR) is 175 cm³/mol. The lowest BCUT2D eigenvalue weighted by atomic mass is 9.95. The van der Waals surface area contributed by atoms with Crippen molar-refractivity contribution in [2.24, 2.45) is 4.99 Å². The van der Waals surface area contributed by atoms with E-state index in [-0.39, 0.29) is 17.7 Å². The highest BCUT2D eigenvalue weighted by Gasteiger charge is 2.35. The quantitative estimate of drug-likeness (QED) is 0.201. The number of thiazole rings is 1. The molecule has 0 amide bonds. The van der Waals surface area contributed by atoms with Crippen molar-refractivity contribution in [1.82, 2.24) is 4.57 Å². The van der Waals surface area contributed by atoms with Gasteiger partial charge < -0.3 is 18.9 Å². The van der Waals surface area contributed by atoms with Crippen LogP contribution in [-0.2, 0) is 16.1 Å². The van der Waals surface area contributed by atoms with Crippen LogP contribution in [0, 0.1) is 0 Å². The summed E-state index contributed by atoms with van der Waals surface area (Å²) in [6, 6.07) is 26.5. The van der Waals surface area contributed by atoms with E-state index in [0.29, 0.717) is 44.4 Å². The number of hydrogen-bond acceptors (Lipinski definition) is 8. The van der Waals surface area contributed by atoms with E-state index in [4.69, 9.17) is 18.9 Å². The molecule has 0 radical (unpaired) electrons. The minimum absolute atomic E-state index is 0.186. The molecule has 0 spiro atoms. The normalized spacial score (nSPS) is 14.6. The van der Waals surface area contributed by atoms with Crippen LogP contribution in [0.4, 0.5) is 0 Å². The molecule has 0 saturated carbocycles. The van der Waals surface area contributed by atoms with Gasteiger partial charge in [0.25, 0.3) is 5.56 Å². The highest BCUT2D eigenvalue weighted by Crippen LogP contribution is 2.37. The summed E-state index contributed by atoms with van der Waals surface area (Å²) in [5.41, 5.74) is 2.99. The second-order valence-corrected chi connectivity index (χ2v) is 11.4. The number of fused-ring (bicyclic) bond motifs is 2. The second-order valence-electron chi connectivity index (χ2n) is 10.4. The maximum absolute atomic E-state index is 14.1. The molecule has 8 nitrogen and oxygen atoms in total. The molecule has 0 fully saturated rings. The first kappa shape index (κ1) is 29.9. The summed E-state index contributed by atoms with van der Waals surface area (Å²) < 4.78 is 24.7. The lowest BCUT2D eigenvalue weighted by Gasteiger charge is -2.26. The zero-order valence-electron chi connectivity index (χ0n) is 25.4. The van der Waals surface area contributed by atoms with Crippen molar-refractivity contribution in [3.63, 3.8) is 0 Å². The number of nitrogens with zero attached hydrogens (tertiary/aromatic N) is 2. The number of allylic oxidation sites excluding steroid dienone is 1. The van der Waals surface area contributed by atoms with E-state index in [0.717, 1.165) is 21.9 Å². The summed E-state index contributed by atoms with van der Waals surface area (Å²) in [5, 5.41) is 2.31. The third-order valence-electron chi connectivity index (χ3n) is 7.68. The molecule has 228 valence electrons. The number of methoxy groups -OCH3 is 2. The van der Waals surface area contributed by atoms with Crippen LogP contribution in [0.1, 0.15) is 36.6 Å². The largest absolute Gasteiger partial charge is 0.497 e. The minimum Gasteiger partial charge on any atom is -0.497 e. The molecule has 4 aromatic carbocycles. The molecule has 1 aromatic heterocycles. The van der Waals surface area contributed by atoms with Crippen molar-refractivity contribution in [2.45, 2.75) is 26.5 Å². The molecule has 6 rings (SSSR count). The molecule has 9 heteroatoms. The molecule has 1 aliphatic rings. The van der Waals surface area contributed by atoms with Gasteiger partial charge in [-0.1, -0.05) is 65.9 Å². The lowest BCUT2D eigenvalue weighted by molar-refractivity contribution is -0.139. The summed E-state index contributed by atoms with van der Waals surface area (Å²) in [6.45, 7) is 4.09. The smallest absolute Gasteiger partial charge is 0.338 e. The lowest BCUT2D eigenvalue weighted by Crippen LogP contribution is -2.40. The van der Waals surface area contributed by atoms with E-state index >= 15 is 0 Å². The minimum atomic E-state index is -0.807. The van der Waals surface area contributed by atoms with Gasteiger partial charge in [0.15, 0.2) is 4.80 Å². The summed E-state index contributed by atoms with van der Waals surface area (Å²) in [4.78, 5) is 32.5. The SMILES string of the molecule is CCOC(=O)C1=C(C)N=c2s/c(=C/c3cccc(OCc4cccc5ccccc45)c3)c(=O)n2C1c1ccc(OC)cc1OC. The Bertz CT molecular complexity index is 2120. The van der Waals surface area contributed by atoms with Gasteiger partial charge in [0.1, 0.15) is 29.9 Å². The number of carbonyl (C=O) groups is 1. The standard InChI is InChI=1S/C36H32N2O6S/c1-5-43-35(40)32-22(2)37-36-38(33(32)29-17-16-26(41-3)20-30(29)42-4)34(39)31(45-36)19-23-10-8-14-27(18-23)44-21-25-13-9-12-24-11-6-7-15-28(24)25/h6-20,33H,5,21H2,1-4H3/b31-19+. The van der Waals surface area contributed by atoms with E-state index in [2.05, 4.69) is 29.3 Å². The number of carbonyl (C=O) groups excluding carboxylic acids is 1. The molecule has 0 aliphatic carbocycles. The average molecular weight is 621 g/mol. The van der Waals surface area contributed by atoms with Crippen molar-refractivity contribution >= 4 is 34.2 Å². The molecular formula is C36H32N2O6S. The van der Waals surface area contributed by atoms with Crippen LogP contribution >= 0.6 is 11.3 Å². The maximum Gasteiger partial charge on any atom is 0.338 e. The summed E-state index contributed by atoms with van der Waals surface area (Å²) in [7, 11) is 3.10. The fourth-order valence-corrected chi connectivity index (χ4v) is 6.60. The Labute approximate surface area is 264 Å². The molecule has 0 bridgehead atoms. The number of rotatable bonds is 9. The van der Waals surface area contributed by atoms with Gasteiger partial charge in [-0.05, 0) is 66.1 Å². The molecule has 1 aliphatic heterocycles. The molecule has 0 N–H and O–H groups in total. The Kier molecular flexibility index (Phi) is 8.53. The Morgan fingerprint density at radius 3 is 2.56 bits per heavy atom. The number of hydrogen-bond donors (Lipinski definition) is 0. The Hall–Kier alpha value is -5.15. The fraction of sp³-hybridized carbons (Fsp3) is 0.194. The van der Waals surface area contributed by atoms with Crippen LogP contribution in [0.3, 0.4) is 0 Å². The summed E-state index contributed by atoms with van der Waals surface area (Å²) >= 11 is 1.26. The summed E-state index contributed by atoms with van der Waals surface area (Å²) in [6.07, 6.45) is 1.82. The monoisotopic (exact) mass is 620 g/mol. The van der Waals surface area contributed by atoms with Gasteiger partial charge in [-0.25, -0.2) is 9.79 Å². The fourth-order valence-electron chi connectivity index (χ4n) is 5.56. The first-order valence-corrected chi connectivity index (χ1v) is 15.3. The third-order valence-corrected chi connectivity index (χ3v) is 8.67. The Morgan fingerprint density at radius 2 is 1.76 bits per heavy atom. The topological polar surface area (TPSA) is 88.4 Å². The van der Waals surface area contributed by atoms with Gasteiger partial charge in [0.2, 0.25) is 0 Å². The van der Waals surface area contributed by atoms with Gasteiger partial charge in [0.05, 0.1) is 36.6 Å². The zero-order chi connectivity index (χ0) is 31.5. The molecule has 1 atom stereocenters. The van der Waals surface area contributed by atoms with Crippen LogP contribution in [0.15, 0.2) is 106 Å². The van der Waals surface area contributed by atoms with Crippen LogP contribution in [0.2, 0.25) is 0 Å². The van der Waals surface area contributed by atoms with E-state index in [1.54, 1.807) is 43.7 Å². The van der Waals surface area contributed by atoms with Crippen molar-refractivity contribution in [1.29, 1.82) is 0 Å². The van der Waals surface area contributed by atoms with E-state index in [1.807, 2.05) is 48.5 Å². The van der Waals surface area contributed by atoms with Crippen LogP contribution in [0.5, 0.6) is 17.2 Å². The van der Waals surface area contributed by atoms with Gasteiger partial charge in [-0.15, -0.1) is 0 Å². The Morgan fingerprint density at radius 1 is 0.956 bits per heavy atom. The average Bonchev–Trinajstić information content (AvgIpc) is 3.36. The van der Waals surface area contributed by atoms with Crippen LogP contribution in [0.25, 0.3) is 16.8 Å². The Balaban J connectivity index is 1.39. The van der Waals surface area contributed by atoms with Crippen molar-refractivity contribution in [3.05, 3.63) is 133 Å². The molecule has 2 heterocycles. The van der Waals surface area contributed by atoms with Gasteiger partial charge in [-0.2, -0.15) is 0 Å². The van der Waals surface area contributed by atoms with Crippen molar-refractivity contribution < 1.29 is 23.7 Å². The van der Waals surface area contributed by atoms with Gasteiger partial charge >= 0.3 is 5.97 Å². The molecule has 45 heavy (non-hydrogen) atoms. The van der Waals surface area contributed by atoms with Crippen LogP contribution < -0.4 is 29.1 Å². The maximum atomic E-state index is 14.1. The molecular weight excluding hydrogens is 588 g/mol. The van der Waals surface area contributed by atoms with Gasteiger partial charge in [0, 0.05) is 11.6 Å². The van der Waals surface area contributed by atoms with E-state index < -0.39 is 12.0 Å². The molecule has 1 unspecified atom stereocenters. The highest BCUT2D eigenvalue weighted by molar-refractivity contribution is 7.07. The van der Waals surface area contributed by atoms with Gasteiger partial charge in [-0.3, -0.25) is 9.36 Å². The zero-order valence-corrected chi connectivity index (χ0v) is 26.2. The number of benzene rings is 4. The predicted octanol–water partition coefficient (Wildman–Crippen LogP) is 5.55. The first-order chi connectivity index (χ1) is 21.9. The second kappa shape index (κ2) is 12.8. The number of ether oxygens (including phenoxy) is 4. The highest BCUT2D eigenvalue weighted by atomic mass is 32.1. The first-order valence-electron chi connectivity index (χ1n) is 14.5.